The monoisotopic (exact) mass is 391 g/mol. The van der Waals surface area contributed by atoms with Crippen molar-refractivity contribution in [1.82, 2.24) is 19.5 Å². The fraction of sp³-hybridized carbons (Fsp3) is 0.737. The summed E-state index contributed by atoms with van der Waals surface area (Å²) in [4.78, 5) is 22.5. The van der Waals surface area contributed by atoms with Crippen molar-refractivity contribution in [3.63, 3.8) is 0 Å². The number of aromatic nitrogens is 3. The number of likely N-dealkylation sites (tertiary alicyclic amines) is 1. The summed E-state index contributed by atoms with van der Waals surface area (Å²) in [7, 11) is 1.61. The van der Waals surface area contributed by atoms with Crippen LogP contribution >= 0.6 is 11.3 Å². The molecule has 0 N–H and O–H groups in total. The average molecular weight is 392 g/mol. The van der Waals surface area contributed by atoms with Crippen molar-refractivity contribution in [3.05, 3.63) is 11.9 Å². The van der Waals surface area contributed by atoms with E-state index in [2.05, 4.69) is 14.8 Å². The first kappa shape index (κ1) is 18.7. The summed E-state index contributed by atoms with van der Waals surface area (Å²) < 4.78 is 7.01. The second-order valence-corrected chi connectivity index (χ2v) is 8.69. The van der Waals surface area contributed by atoms with Gasteiger partial charge in [0.1, 0.15) is 6.61 Å². The molecule has 0 aliphatic carbocycles. The molecule has 2 saturated heterocycles. The maximum atomic E-state index is 12.6. The molecule has 2 aromatic rings. The molecule has 0 aromatic carbocycles. The Morgan fingerprint density at radius 1 is 1.22 bits per heavy atom. The van der Waals surface area contributed by atoms with E-state index in [1.165, 1.54) is 12.8 Å². The Morgan fingerprint density at radius 2 is 2.04 bits per heavy atom. The normalized spacial score (nSPS) is 22.4. The minimum Gasteiger partial charge on any atom is -0.375 e. The first-order valence-electron chi connectivity index (χ1n) is 10.0. The number of carbonyl (C=O) groups is 1. The standard InChI is InChI=1S/C19H29N5O2S/c1-14-12-24-18(20-14)27-19(21-24)22-10-7-15(8-11-22)16-6-4-3-5-9-23(16)17(25)13-26-2/h12,15-16H,3-11,13H2,1-2H3/t16-/m1/s1. The van der Waals surface area contributed by atoms with Crippen molar-refractivity contribution in [3.8, 4) is 0 Å². The van der Waals surface area contributed by atoms with Gasteiger partial charge in [-0.2, -0.15) is 0 Å². The number of hydrogen-bond acceptors (Lipinski definition) is 6. The average Bonchev–Trinajstić information content (AvgIpc) is 3.09. The van der Waals surface area contributed by atoms with E-state index in [0.717, 1.165) is 61.1 Å². The molecule has 1 amide bonds. The molecule has 2 fully saturated rings. The topological polar surface area (TPSA) is 63.0 Å². The third-order valence-corrected chi connectivity index (χ3v) is 6.88. The van der Waals surface area contributed by atoms with Crippen LogP contribution in [0.15, 0.2) is 6.20 Å². The summed E-state index contributed by atoms with van der Waals surface area (Å²) in [5.41, 5.74) is 1.01. The van der Waals surface area contributed by atoms with E-state index >= 15 is 0 Å². The molecular formula is C19H29N5O2S. The number of anilines is 1. The predicted molar refractivity (Wildman–Crippen MR) is 106 cm³/mol. The van der Waals surface area contributed by atoms with Crippen molar-refractivity contribution in [1.29, 1.82) is 0 Å². The van der Waals surface area contributed by atoms with E-state index in [1.54, 1.807) is 18.4 Å². The molecule has 4 heterocycles. The van der Waals surface area contributed by atoms with Gasteiger partial charge >= 0.3 is 0 Å². The van der Waals surface area contributed by atoms with Crippen molar-refractivity contribution < 1.29 is 9.53 Å². The molecule has 0 spiro atoms. The van der Waals surface area contributed by atoms with Gasteiger partial charge in [-0.15, -0.1) is 5.10 Å². The Morgan fingerprint density at radius 3 is 2.78 bits per heavy atom. The van der Waals surface area contributed by atoms with Crippen LogP contribution in [0, 0.1) is 12.8 Å². The Bertz CT molecular complexity index is 749. The number of aryl methyl sites for hydroxylation is 1. The van der Waals surface area contributed by atoms with Crippen LogP contribution < -0.4 is 4.90 Å². The lowest BCUT2D eigenvalue weighted by Crippen LogP contribution is -2.48. The zero-order valence-corrected chi connectivity index (χ0v) is 17.1. The van der Waals surface area contributed by atoms with Crippen molar-refractivity contribution >= 4 is 27.3 Å². The van der Waals surface area contributed by atoms with Gasteiger partial charge in [-0.05, 0) is 38.5 Å². The van der Waals surface area contributed by atoms with Crippen LogP contribution in [0.25, 0.3) is 4.96 Å². The summed E-state index contributed by atoms with van der Waals surface area (Å²) in [6.45, 7) is 5.09. The molecule has 27 heavy (non-hydrogen) atoms. The predicted octanol–water partition coefficient (Wildman–Crippen LogP) is 2.73. The van der Waals surface area contributed by atoms with Crippen LogP contribution in [0.2, 0.25) is 0 Å². The molecule has 8 heteroatoms. The second-order valence-electron chi connectivity index (χ2n) is 7.76. The molecule has 7 nitrogen and oxygen atoms in total. The van der Waals surface area contributed by atoms with Gasteiger partial charge < -0.3 is 14.5 Å². The summed E-state index contributed by atoms with van der Waals surface area (Å²) >= 11 is 1.66. The molecule has 0 radical (unpaired) electrons. The first-order valence-corrected chi connectivity index (χ1v) is 10.8. The third-order valence-electron chi connectivity index (χ3n) is 5.89. The van der Waals surface area contributed by atoms with Crippen LogP contribution in [0.1, 0.15) is 44.2 Å². The SMILES string of the molecule is COCC(=O)N1CCCCC[C@@H]1C1CCN(c2nn3cc(C)nc3s2)CC1. The van der Waals surface area contributed by atoms with E-state index in [9.17, 15) is 4.79 Å². The van der Waals surface area contributed by atoms with Gasteiger partial charge in [0.15, 0.2) is 0 Å². The number of ether oxygens (including phenoxy) is 1. The number of imidazole rings is 1. The molecule has 1 atom stereocenters. The molecule has 0 saturated carbocycles. The Kier molecular flexibility index (Phi) is 5.63. The Balaban J connectivity index is 1.41. The van der Waals surface area contributed by atoms with Crippen LogP contribution in [0.5, 0.6) is 0 Å². The lowest BCUT2D eigenvalue weighted by Gasteiger charge is -2.40. The largest absolute Gasteiger partial charge is 0.375 e. The maximum absolute atomic E-state index is 12.6. The fourth-order valence-electron chi connectivity index (χ4n) is 4.54. The molecule has 0 unspecified atom stereocenters. The van der Waals surface area contributed by atoms with E-state index in [4.69, 9.17) is 9.84 Å². The smallest absolute Gasteiger partial charge is 0.248 e. The lowest BCUT2D eigenvalue weighted by molar-refractivity contribution is -0.138. The van der Waals surface area contributed by atoms with E-state index in [-0.39, 0.29) is 12.5 Å². The number of carbonyl (C=O) groups excluding carboxylic acids is 1. The zero-order chi connectivity index (χ0) is 18.8. The van der Waals surface area contributed by atoms with Gasteiger partial charge in [0, 0.05) is 32.8 Å². The van der Waals surface area contributed by atoms with Crippen molar-refractivity contribution in [2.24, 2.45) is 5.92 Å². The minimum absolute atomic E-state index is 0.156. The fourth-order valence-corrected chi connectivity index (χ4v) is 5.52. The Labute approximate surface area is 164 Å². The number of hydrogen-bond donors (Lipinski definition) is 0. The van der Waals surface area contributed by atoms with Gasteiger partial charge in [-0.25, -0.2) is 9.50 Å². The summed E-state index contributed by atoms with van der Waals surface area (Å²) in [6, 6.07) is 0.369. The summed E-state index contributed by atoms with van der Waals surface area (Å²) in [5, 5.41) is 5.75. The molecular weight excluding hydrogens is 362 g/mol. The van der Waals surface area contributed by atoms with E-state index < -0.39 is 0 Å². The van der Waals surface area contributed by atoms with Gasteiger partial charge in [-0.1, -0.05) is 24.2 Å². The van der Waals surface area contributed by atoms with Crippen molar-refractivity contribution in [2.75, 3.05) is 38.3 Å². The number of nitrogens with zero attached hydrogens (tertiary/aromatic N) is 5. The van der Waals surface area contributed by atoms with Crippen molar-refractivity contribution in [2.45, 2.75) is 51.5 Å². The van der Waals surface area contributed by atoms with E-state index in [1.807, 2.05) is 17.6 Å². The lowest BCUT2D eigenvalue weighted by atomic mass is 9.86. The zero-order valence-electron chi connectivity index (χ0n) is 16.3. The van der Waals surface area contributed by atoms with Crippen LogP contribution in [-0.2, 0) is 9.53 Å². The van der Waals surface area contributed by atoms with E-state index in [0.29, 0.717) is 12.0 Å². The number of methoxy groups -OCH3 is 1. The summed E-state index contributed by atoms with van der Waals surface area (Å²) in [6.07, 6.45) is 8.90. The van der Waals surface area contributed by atoms with Crippen LogP contribution in [0.4, 0.5) is 5.13 Å². The molecule has 2 aliphatic rings. The number of piperidine rings is 1. The number of rotatable bonds is 4. The van der Waals surface area contributed by atoms with Gasteiger partial charge in [0.25, 0.3) is 0 Å². The Hall–Kier alpha value is -1.67. The molecule has 0 bridgehead atoms. The summed E-state index contributed by atoms with van der Waals surface area (Å²) in [5.74, 6) is 0.731. The highest BCUT2D eigenvalue weighted by Crippen LogP contribution is 2.33. The van der Waals surface area contributed by atoms with Gasteiger partial charge in [0.2, 0.25) is 16.0 Å². The molecule has 2 aromatic heterocycles. The quantitative estimate of drug-likeness (QED) is 0.802. The number of amides is 1. The molecule has 148 valence electrons. The highest BCUT2D eigenvalue weighted by Gasteiger charge is 2.34. The number of fused-ring (bicyclic) bond motifs is 1. The highest BCUT2D eigenvalue weighted by atomic mass is 32.1. The van der Waals surface area contributed by atoms with Crippen LogP contribution in [-0.4, -0.2) is 64.8 Å². The first-order chi connectivity index (χ1) is 13.2. The van der Waals surface area contributed by atoms with Gasteiger partial charge in [-0.3, -0.25) is 4.79 Å². The second kappa shape index (κ2) is 8.14. The minimum atomic E-state index is 0.156. The maximum Gasteiger partial charge on any atom is 0.248 e. The molecule has 2 aliphatic heterocycles. The highest BCUT2D eigenvalue weighted by molar-refractivity contribution is 7.20. The molecule has 4 rings (SSSR count). The van der Waals surface area contributed by atoms with Crippen LogP contribution in [0.3, 0.4) is 0 Å². The van der Waals surface area contributed by atoms with Gasteiger partial charge in [0.05, 0.1) is 11.9 Å². The third kappa shape index (κ3) is 3.96.